The van der Waals surface area contributed by atoms with Crippen LogP contribution in [-0.2, 0) is 10.0 Å². The van der Waals surface area contributed by atoms with Gasteiger partial charge in [-0.3, -0.25) is 5.10 Å². The van der Waals surface area contributed by atoms with E-state index in [9.17, 15) is 8.42 Å². The molecule has 0 bridgehead atoms. The van der Waals surface area contributed by atoms with E-state index in [1.807, 2.05) is 0 Å². The second-order valence-electron chi connectivity index (χ2n) is 4.59. The quantitative estimate of drug-likeness (QED) is 0.821. The van der Waals surface area contributed by atoms with Crippen molar-refractivity contribution in [2.24, 2.45) is 0 Å². The Labute approximate surface area is 108 Å². The van der Waals surface area contributed by atoms with Gasteiger partial charge < -0.3 is 5.32 Å². The predicted molar refractivity (Wildman–Crippen MR) is 68.7 cm³/mol. The number of hydrogen-bond acceptors (Lipinski definition) is 4. The first-order valence-electron chi connectivity index (χ1n) is 6.37. The lowest BCUT2D eigenvalue weighted by atomic mass is 10.1. The molecule has 1 atom stereocenters. The van der Waals surface area contributed by atoms with E-state index in [-0.39, 0.29) is 10.9 Å². The zero-order valence-electron chi connectivity index (χ0n) is 10.6. The predicted octanol–water partition coefficient (Wildman–Crippen LogP) is 0.562. The van der Waals surface area contributed by atoms with Gasteiger partial charge in [0.1, 0.15) is 4.90 Å². The van der Waals surface area contributed by atoms with E-state index < -0.39 is 10.0 Å². The number of sulfonamides is 1. The zero-order valence-corrected chi connectivity index (χ0v) is 11.4. The van der Waals surface area contributed by atoms with Crippen LogP contribution in [0.1, 0.15) is 26.2 Å². The van der Waals surface area contributed by atoms with Gasteiger partial charge in [-0.15, -0.1) is 0 Å². The monoisotopic (exact) mass is 272 g/mol. The molecule has 0 saturated carbocycles. The van der Waals surface area contributed by atoms with Crippen LogP contribution in [0.15, 0.2) is 17.3 Å². The molecule has 1 aromatic rings. The van der Waals surface area contributed by atoms with Crippen LogP contribution in [0, 0.1) is 0 Å². The Balaban J connectivity index is 2.04. The van der Waals surface area contributed by atoms with Crippen LogP contribution in [0.5, 0.6) is 0 Å². The highest BCUT2D eigenvalue weighted by molar-refractivity contribution is 7.89. The van der Waals surface area contributed by atoms with Gasteiger partial charge in [0.15, 0.2) is 0 Å². The molecule has 1 aliphatic heterocycles. The molecule has 1 fully saturated rings. The molecular formula is C11H20N4O2S. The molecular weight excluding hydrogens is 252 g/mol. The number of piperidine rings is 1. The standard InChI is InChI=1S/C11H20N4O2S/c1-2-5-12-10-4-3-6-15(9-10)18(16,17)11-7-13-14-8-11/h7-8,10,12H,2-6,9H2,1H3,(H,13,14). The first-order chi connectivity index (χ1) is 8.64. The molecule has 18 heavy (non-hydrogen) atoms. The van der Waals surface area contributed by atoms with Crippen molar-refractivity contribution in [3.8, 4) is 0 Å². The number of nitrogens with zero attached hydrogens (tertiary/aromatic N) is 2. The summed E-state index contributed by atoms with van der Waals surface area (Å²) in [7, 11) is -3.38. The smallest absolute Gasteiger partial charge is 0.246 e. The van der Waals surface area contributed by atoms with Crippen LogP contribution in [0.4, 0.5) is 0 Å². The van der Waals surface area contributed by atoms with E-state index in [4.69, 9.17) is 0 Å². The van der Waals surface area contributed by atoms with Gasteiger partial charge in [-0.05, 0) is 25.8 Å². The fraction of sp³-hybridized carbons (Fsp3) is 0.727. The number of aromatic nitrogens is 2. The topological polar surface area (TPSA) is 78.1 Å². The number of hydrogen-bond donors (Lipinski definition) is 2. The third kappa shape index (κ3) is 2.90. The van der Waals surface area contributed by atoms with Crippen molar-refractivity contribution in [1.29, 1.82) is 0 Å². The summed E-state index contributed by atoms with van der Waals surface area (Å²) in [4.78, 5) is 0.249. The van der Waals surface area contributed by atoms with Crippen LogP contribution >= 0.6 is 0 Å². The summed E-state index contributed by atoms with van der Waals surface area (Å²) in [6.07, 6.45) is 5.79. The average Bonchev–Trinajstić information content (AvgIpc) is 2.91. The molecule has 1 aliphatic rings. The average molecular weight is 272 g/mol. The summed E-state index contributed by atoms with van der Waals surface area (Å²) in [5, 5.41) is 9.64. The van der Waals surface area contributed by atoms with Crippen LogP contribution < -0.4 is 5.32 Å². The highest BCUT2D eigenvalue weighted by atomic mass is 32.2. The second-order valence-corrected chi connectivity index (χ2v) is 6.53. The highest BCUT2D eigenvalue weighted by Crippen LogP contribution is 2.19. The molecule has 7 heteroatoms. The fourth-order valence-electron chi connectivity index (χ4n) is 2.20. The molecule has 2 heterocycles. The van der Waals surface area contributed by atoms with Crippen molar-refractivity contribution >= 4 is 10.0 Å². The van der Waals surface area contributed by atoms with Crippen LogP contribution in [-0.4, -0.2) is 48.6 Å². The van der Waals surface area contributed by atoms with Crippen LogP contribution in [0.3, 0.4) is 0 Å². The maximum absolute atomic E-state index is 12.3. The second kappa shape index (κ2) is 5.81. The molecule has 0 aromatic carbocycles. The van der Waals surface area contributed by atoms with E-state index >= 15 is 0 Å². The molecule has 1 saturated heterocycles. The number of H-pyrrole nitrogens is 1. The molecule has 2 N–H and O–H groups in total. The molecule has 1 aromatic heterocycles. The Morgan fingerprint density at radius 1 is 1.61 bits per heavy atom. The van der Waals surface area contributed by atoms with Crippen molar-refractivity contribution in [2.45, 2.75) is 37.1 Å². The largest absolute Gasteiger partial charge is 0.313 e. The summed E-state index contributed by atoms with van der Waals surface area (Å²) >= 11 is 0. The Bertz CT molecular complexity index is 457. The van der Waals surface area contributed by atoms with E-state index in [0.717, 1.165) is 25.8 Å². The van der Waals surface area contributed by atoms with Gasteiger partial charge in [-0.2, -0.15) is 9.40 Å². The molecule has 0 amide bonds. The first-order valence-corrected chi connectivity index (χ1v) is 7.81. The van der Waals surface area contributed by atoms with Crippen molar-refractivity contribution in [3.05, 3.63) is 12.4 Å². The molecule has 0 radical (unpaired) electrons. The molecule has 1 unspecified atom stereocenters. The number of nitrogens with one attached hydrogen (secondary N) is 2. The van der Waals surface area contributed by atoms with Gasteiger partial charge in [0.2, 0.25) is 10.0 Å². The van der Waals surface area contributed by atoms with E-state index in [0.29, 0.717) is 13.1 Å². The minimum Gasteiger partial charge on any atom is -0.313 e. The summed E-state index contributed by atoms with van der Waals surface area (Å²) in [6.45, 7) is 4.19. The first kappa shape index (κ1) is 13.5. The Morgan fingerprint density at radius 3 is 3.11 bits per heavy atom. The minimum absolute atomic E-state index is 0.249. The van der Waals surface area contributed by atoms with Crippen molar-refractivity contribution in [1.82, 2.24) is 19.8 Å². The lowest BCUT2D eigenvalue weighted by Gasteiger charge is -2.32. The molecule has 2 rings (SSSR count). The molecule has 102 valence electrons. The van der Waals surface area contributed by atoms with Crippen molar-refractivity contribution in [3.63, 3.8) is 0 Å². The summed E-state index contributed by atoms with van der Waals surface area (Å²) in [5.74, 6) is 0. The van der Waals surface area contributed by atoms with Gasteiger partial charge >= 0.3 is 0 Å². The van der Waals surface area contributed by atoms with E-state index in [1.54, 1.807) is 4.31 Å². The summed E-state index contributed by atoms with van der Waals surface area (Å²) in [5.41, 5.74) is 0. The summed E-state index contributed by atoms with van der Waals surface area (Å²) in [6, 6.07) is 0.264. The molecule has 6 nitrogen and oxygen atoms in total. The zero-order chi connectivity index (χ0) is 13.0. The maximum Gasteiger partial charge on any atom is 0.246 e. The van der Waals surface area contributed by atoms with Gasteiger partial charge in [-0.1, -0.05) is 6.92 Å². The maximum atomic E-state index is 12.3. The lowest BCUT2D eigenvalue weighted by molar-refractivity contribution is 0.284. The van der Waals surface area contributed by atoms with Gasteiger partial charge in [0.25, 0.3) is 0 Å². The van der Waals surface area contributed by atoms with Gasteiger partial charge in [0.05, 0.1) is 6.20 Å². The van der Waals surface area contributed by atoms with E-state index in [1.165, 1.54) is 12.4 Å². The van der Waals surface area contributed by atoms with Crippen LogP contribution in [0.2, 0.25) is 0 Å². The van der Waals surface area contributed by atoms with Gasteiger partial charge in [-0.25, -0.2) is 8.42 Å². The molecule has 0 spiro atoms. The Kier molecular flexibility index (Phi) is 4.36. The lowest BCUT2D eigenvalue weighted by Crippen LogP contribution is -2.48. The number of aromatic amines is 1. The SMILES string of the molecule is CCCNC1CCCN(S(=O)(=O)c2cn[nH]c2)C1. The van der Waals surface area contributed by atoms with Crippen molar-refractivity contribution in [2.75, 3.05) is 19.6 Å². The highest BCUT2D eigenvalue weighted by Gasteiger charge is 2.30. The van der Waals surface area contributed by atoms with Crippen LogP contribution in [0.25, 0.3) is 0 Å². The third-order valence-corrected chi connectivity index (χ3v) is 5.01. The van der Waals surface area contributed by atoms with Crippen molar-refractivity contribution < 1.29 is 8.42 Å². The number of rotatable bonds is 5. The summed E-state index contributed by atoms with van der Waals surface area (Å²) < 4.78 is 26.2. The normalized spacial score (nSPS) is 22.2. The minimum atomic E-state index is -3.38. The Hall–Kier alpha value is -0.920. The third-order valence-electron chi connectivity index (χ3n) is 3.18. The fourth-order valence-corrected chi connectivity index (χ4v) is 3.64. The van der Waals surface area contributed by atoms with E-state index in [2.05, 4.69) is 22.4 Å². The van der Waals surface area contributed by atoms with Gasteiger partial charge in [0, 0.05) is 25.3 Å². The molecule has 0 aliphatic carbocycles. The Morgan fingerprint density at radius 2 is 2.44 bits per heavy atom.